The highest BCUT2D eigenvalue weighted by molar-refractivity contribution is 7.16. The van der Waals surface area contributed by atoms with Gasteiger partial charge in [-0.15, -0.1) is 11.3 Å². The van der Waals surface area contributed by atoms with Crippen LogP contribution in [0.4, 0.5) is 16.4 Å². The van der Waals surface area contributed by atoms with Crippen LogP contribution >= 0.6 is 11.3 Å². The van der Waals surface area contributed by atoms with E-state index in [0.717, 1.165) is 12.1 Å². The molecule has 300 valence electrons. The van der Waals surface area contributed by atoms with E-state index in [1.807, 2.05) is 11.3 Å². The first-order valence-corrected chi connectivity index (χ1v) is 23.0. The number of benzene rings is 9. The number of nitrogens with zero attached hydrogens (tertiary/aromatic N) is 2. The van der Waals surface area contributed by atoms with Crippen LogP contribution in [0, 0.1) is 5.92 Å². The second kappa shape index (κ2) is 13.6. The summed E-state index contributed by atoms with van der Waals surface area (Å²) in [7, 11) is 0. The lowest BCUT2D eigenvalue weighted by Crippen LogP contribution is -2.14. The molecule has 63 heavy (non-hydrogen) atoms. The molecule has 1 unspecified atom stereocenters. The molecule has 2 aliphatic carbocycles. The molecule has 0 spiro atoms. The van der Waals surface area contributed by atoms with Gasteiger partial charge in [0.1, 0.15) is 5.00 Å². The van der Waals surface area contributed by atoms with E-state index in [0.29, 0.717) is 5.92 Å². The maximum atomic E-state index is 2.52. The van der Waals surface area contributed by atoms with E-state index < -0.39 is 0 Å². The molecule has 0 radical (unpaired) electrons. The zero-order chi connectivity index (χ0) is 42.0. The van der Waals surface area contributed by atoms with Gasteiger partial charge in [-0.2, -0.15) is 0 Å². The van der Waals surface area contributed by atoms with Gasteiger partial charge in [0.25, 0.3) is 0 Å². The van der Waals surface area contributed by atoms with Gasteiger partial charge in [0.05, 0.1) is 11.0 Å². The van der Waals surface area contributed by atoms with E-state index in [1.165, 1.54) is 114 Å². The molecule has 0 fully saturated rings. The van der Waals surface area contributed by atoms with Crippen molar-refractivity contribution in [1.29, 1.82) is 0 Å². The highest BCUT2D eigenvalue weighted by Gasteiger charge is 2.36. The van der Waals surface area contributed by atoms with Gasteiger partial charge < -0.3 is 9.47 Å². The van der Waals surface area contributed by atoms with Crippen molar-refractivity contribution >= 4 is 87.9 Å². The molecule has 13 rings (SSSR count). The van der Waals surface area contributed by atoms with E-state index in [4.69, 9.17) is 0 Å². The molecule has 0 aliphatic heterocycles. The second-order valence-electron chi connectivity index (χ2n) is 18.2. The fourth-order valence-electron chi connectivity index (χ4n) is 11.0. The first-order chi connectivity index (χ1) is 30.9. The quantitative estimate of drug-likeness (QED) is 0.157. The lowest BCUT2D eigenvalue weighted by atomic mass is 9.82. The van der Waals surface area contributed by atoms with Gasteiger partial charge in [-0.1, -0.05) is 148 Å². The number of para-hydroxylation sites is 1. The van der Waals surface area contributed by atoms with E-state index in [1.54, 1.807) is 0 Å². The predicted molar refractivity (Wildman–Crippen MR) is 271 cm³/mol. The highest BCUT2D eigenvalue weighted by atomic mass is 32.1. The largest absolute Gasteiger partial charge is 0.309 e. The molecular formula is C60H44N2S. The Morgan fingerprint density at radius 3 is 1.90 bits per heavy atom. The minimum atomic E-state index is -0.113. The SMILES string of the molecule is CC1C=Cc2cc(N(c3ccccc3)c3ccc(-c4ccc5c(c4)c4cc6c(cc4n5-c4ccc5c7ccccc7c7ccccc7c5c4)C(C)(C)c4ccccc4-6)cc3)sc2C1. The fourth-order valence-corrected chi connectivity index (χ4v) is 12.3. The Balaban J connectivity index is 0.994. The molecule has 9 aromatic carbocycles. The van der Waals surface area contributed by atoms with Gasteiger partial charge in [-0.05, 0) is 150 Å². The Hall–Kier alpha value is -7.20. The van der Waals surface area contributed by atoms with Crippen LogP contribution in [0.25, 0.3) is 88.1 Å². The van der Waals surface area contributed by atoms with E-state index >= 15 is 0 Å². The first-order valence-electron chi connectivity index (χ1n) is 22.2. The summed E-state index contributed by atoms with van der Waals surface area (Å²) in [6, 6.07) is 68.3. The van der Waals surface area contributed by atoms with Gasteiger partial charge >= 0.3 is 0 Å². The third-order valence-corrected chi connectivity index (χ3v) is 15.2. The Kier molecular flexibility index (Phi) is 7.90. The number of fused-ring (bicyclic) bond motifs is 13. The fraction of sp³-hybridized carbons (Fsp3) is 0.100. The van der Waals surface area contributed by atoms with Crippen LogP contribution in [-0.4, -0.2) is 4.57 Å². The molecule has 2 heterocycles. The van der Waals surface area contributed by atoms with Gasteiger partial charge in [-0.3, -0.25) is 0 Å². The molecular weight excluding hydrogens is 781 g/mol. The summed E-state index contributed by atoms with van der Waals surface area (Å²) in [5, 5.41) is 11.5. The lowest BCUT2D eigenvalue weighted by Gasteiger charge is -2.24. The van der Waals surface area contributed by atoms with Gasteiger partial charge in [-0.25, -0.2) is 0 Å². The molecule has 3 heteroatoms. The summed E-state index contributed by atoms with van der Waals surface area (Å²) >= 11 is 1.92. The summed E-state index contributed by atoms with van der Waals surface area (Å²) < 4.78 is 2.52. The molecule has 1 atom stereocenters. The Morgan fingerprint density at radius 1 is 0.508 bits per heavy atom. The molecule has 11 aromatic rings. The Labute approximate surface area is 371 Å². The average molecular weight is 825 g/mol. The maximum absolute atomic E-state index is 2.52. The molecule has 2 aromatic heterocycles. The number of aromatic nitrogens is 1. The van der Waals surface area contributed by atoms with Crippen LogP contribution in [0.15, 0.2) is 188 Å². The molecule has 2 aliphatic rings. The van der Waals surface area contributed by atoms with Crippen molar-refractivity contribution < 1.29 is 0 Å². The summed E-state index contributed by atoms with van der Waals surface area (Å²) in [4.78, 5) is 3.88. The monoisotopic (exact) mass is 824 g/mol. The topological polar surface area (TPSA) is 8.17 Å². The smallest absolute Gasteiger partial charge is 0.101 e. The second-order valence-corrected chi connectivity index (χ2v) is 19.3. The number of rotatable bonds is 5. The van der Waals surface area contributed by atoms with Crippen LogP contribution in [0.2, 0.25) is 0 Å². The highest BCUT2D eigenvalue weighted by Crippen LogP contribution is 2.52. The van der Waals surface area contributed by atoms with Gasteiger partial charge in [0.15, 0.2) is 0 Å². The average Bonchev–Trinajstić information content (AvgIpc) is 3.96. The minimum absolute atomic E-state index is 0.113. The minimum Gasteiger partial charge on any atom is -0.309 e. The van der Waals surface area contributed by atoms with Crippen molar-refractivity contribution in [3.8, 4) is 27.9 Å². The number of hydrogen-bond donors (Lipinski definition) is 0. The normalized spacial score (nSPS) is 15.1. The Bertz CT molecular complexity index is 3660. The number of allylic oxidation sites excluding steroid dienone is 1. The molecule has 0 bridgehead atoms. The zero-order valence-corrected chi connectivity index (χ0v) is 36.4. The van der Waals surface area contributed by atoms with Crippen LogP contribution in [0.3, 0.4) is 0 Å². The predicted octanol–water partition coefficient (Wildman–Crippen LogP) is 17.0. The van der Waals surface area contributed by atoms with Crippen molar-refractivity contribution in [2.75, 3.05) is 4.90 Å². The van der Waals surface area contributed by atoms with Crippen molar-refractivity contribution in [3.63, 3.8) is 0 Å². The van der Waals surface area contributed by atoms with Crippen LogP contribution in [0.1, 0.15) is 42.3 Å². The molecule has 0 amide bonds. The van der Waals surface area contributed by atoms with E-state index in [9.17, 15) is 0 Å². The van der Waals surface area contributed by atoms with Gasteiger partial charge in [0.2, 0.25) is 0 Å². The van der Waals surface area contributed by atoms with E-state index in [-0.39, 0.29) is 5.41 Å². The molecule has 0 N–H and O–H groups in total. The third kappa shape index (κ3) is 5.49. The maximum Gasteiger partial charge on any atom is 0.101 e. The lowest BCUT2D eigenvalue weighted by molar-refractivity contribution is 0.661. The zero-order valence-electron chi connectivity index (χ0n) is 35.6. The van der Waals surface area contributed by atoms with Crippen LogP contribution in [0.5, 0.6) is 0 Å². The molecule has 0 saturated heterocycles. The number of thiophene rings is 1. The van der Waals surface area contributed by atoms with Crippen LogP contribution < -0.4 is 4.90 Å². The summed E-state index contributed by atoms with van der Waals surface area (Å²) in [6.07, 6.45) is 5.74. The first kappa shape index (κ1) is 36.5. The van der Waals surface area contributed by atoms with Crippen LogP contribution in [-0.2, 0) is 11.8 Å². The Morgan fingerprint density at radius 2 is 1.14 bits per heavy atom. The van der Waals surface area contributed by atoms with Crippen molar-refractivity contribution in [3.05, 3.63) is 210 Å². The number of anilines is 3. The summed E-state index contributed by atoms with van der Waals surface area (Å²) in [5.41, 5.74) is 15.1. The van der Waals surface area contributed by atoms with Gasteiger partial charge in [0, 0.05) is 38.1 Å². The number of hydrogen-bond acceptors (Lipinski definition) is 2. The summed E-state index contributed by atoms with van der Waals surface area (Å²) in [6.45, 7) is 7.07. The third-order valence-electron chi connectivity index (χ3n) is 14.1. The summed E-state index contributed by atoms with van der Waals surface area (Å²) in [5.74, 6) is 0.567. The molecule has 0 saturated carbocycles. The van der Waals surface area contributed by atoms with E-state index in [2.05, 4.69) is 224 Å². The molecule has 2 nitrogen and oxygen atoms in total. The van der Waals surface area contributed by atoms with Crippen molar-refractivity contribution in [1.82, 2.24) is 4.57 Å². The van der Waals surface area contributed by atoms with Crippen molar-refractivity contribution in [2.24, 2.45) is 5.92 Å². The van der Waals surface area contributed by atoms with Crippen molar-refractivity contribution in [2.45, 2.75) is 32.6 Å². The standard InChI is InChI=1S/C60H44N2S/c1-37-21-22-40-33-59(63-58(40)31-37)61(41-13-5-4-6-14-41)42-26-23-38(24-27-42)39-25-30-56-52(32-39)53-35-51-49-19-11-12-20-54(49)60(2,3)55(51)36-57(53)62(56)43-28-29-48-46-17-8-7-15-44(46)45-16-9-10-18-47(45)50(48)34-43/h4-30,32-37H,31H2,1-3H3.